The van der Waals surface area contributed by atoms with Gasteiger partial charge in [-0.15, -0.1) is 0 Å². The predicted octanol–water partition coefficient (Wildman–Crippen LogP) is 3.17. The SMILES string of the molecule is Cc1ccc(-n2c(C3CCCO3)nc3cccnc32)o1. The molecule has 0 bridgehead atoms. The number of aryl methyl sites for hydroxylation is 1. The topological polar surface area (TPSA) is 53.1 Å². The zero-order valence-electron chi connectivity index (χ0n) is 11.2. The van der Waals surface area contributed by atoms with Crippen molar-refractivity contribution in [2.24, 2.45) is 0 Å². The zero-order valence-corrected chi connectivity index (χ0v) is 11.2. The molecule has 1 atom stereocenters. The Kier molecular flexibility index (Phi) is 2.60. The number of nitrogens with zero attached hydrogens (tertiary/aromatic N) is 3. The van der Waals surface area contributed by atoms with Crippen LogP contribution in [0.1, 0.15) is 30.5 Å². The van der Waals surface area contributed by atoms with E-state index in [0.717, 1.165) is 48.1 Å². The minimum atomic E-state index is 0.0228. The first-order chi connectivity index (χ1) is 9.83. The van der Waals surface area contributed by atoms with Crippen LogP contribution in [0.3, 0.4) is 0 Å². The maximum absolute atomic E-state index is 5.78. The van der Waals surface area contributed by atoms with Gasteiger partial charge in [-0.3, -0.25) is 0 Å². The number of rotatable bonds is 2. The van der Waals surface area contributed by atoms with Crippen molar-refractivity contribution in [1.29, 1.82) is 0 Å². The molecule has 1 fully saturated rings. The normalized spacial score (nSPS) is 18.9. The van der Waals surface area contributed by atoms with Crippen LogP contribution >= 0.6 is 0 Å². The second kappa shape index (κ2) is 4.45. The summed E-state index contributed by atoms with van der Waals surface area (Å²) in [6.45, 7) is 2.72. The van der Waals surface area contributed by atoms with Crippen molar-refractivity contribution in [2.45, 2.75) is 25.9 Å². The summed E-state index contributed by atoms with van der Waals surface area (Å²) >= 11 is 0. The number of pyridine rings is 1. The van der Waals surface area contributed by atoms with E-state index < -0.39 is 0 Å². The standard InChI is InChI=1S/C15H15N3O2/c1-10-6-7-13(20-10)18-14-11(4-2-8-16-14)17-15(18)12-5-3-9-19-12/h2,4,6-8,12H,3,5,9H2,1H3. The molecule has 3 aromatic rings. The summed E-state index contributed by atoms with van der Waals surface area (Å²) in [5, 5.41) is 0. The lowest BCUT2D eigenvalue weighted by molar-refractivity contribution is 0.103. The maximum Gasteiger partial charge on any atom is 0.206 e. The van der Waals surface area contributed by atoms with Crippen LogP contribution in [0.5, 0.6) is 0 Å². The van der Waals surface area contributed by atoms with Crippen LogP contribution in [0.15, 0.2) is 34.9 Å². The fourth-order valence-corrected chi connectivity index (χ4v) is 2.69. The molecular weight excluding hydrogens is 254 g/mol. The van der Waals surface area contributed by atoms with Crippen molar-refractivity contribution in [2.75, 3.05) is 6.61 Å². The minimum Gasteiger partial charge on any atom is -0.445 e. The van der Waals surface area contributed by atoms with Gasteiger partial charge in [0.1, 0.15) is 23.2 Å². The Labute approximate surface area is 116 Å². The average Bonchev–Trinajstić information content (AvgIpc) is 3.16. The van der Waals surface area contributed by atoms with E-state index in [0.29, 0.717) is 0 Å². The Morgan fingerprint density at radius 2 is 2.25 bits per heavy atom. The fourth-order valence-electron chi connectivity index (χ4n) is 2.69. The van der Waals surface area contributed by atoms with Crippen LogP contribution in [-0.2, 0) is 4.74 Å². The van der Waals surface area contributed by atoms with E-state index in [1.807, 2.05) is 35.8 Å². The van der Waals surface area contributed by atoms with Crippen LogP contribution in [0.4, 0.5) is 0 Å². The van der Waals surface area contributed by atoms with Gasteiger partial charge < -0.3 is 9.15 Å². The Morgan fingerprint density at radius 3 is 3.00 bits per heavy atom. The Morgan fingerprint density at radius 1 is 1.30 bits per heavy atom. The molecule has 0 amide bonds. The van der Waals surface area contributed by atoms with Gasteiger partial charge in [-0.2, -0.15) is 0 Å². The highest BCUT2D eigenvalue weighted by molar-refractivity contribution is 5.73. The molecule has 0 aromatic carbocycles. The van der Waals surface area contributed by atoms with Crippen LogP contribution in [0.2, 0.25) is 0 Å². The predicted molar refractivity (Wildman–Crippen MR) is 73.8 cm³/mol. The van der Waals surface area contributed by atoms with E-state index in [2.05, 4.69) is 4.98 Å². The number of hydrogen-bond acceptors (Lipinski definition) is 4. The molecule has 0 N–H and O–H groups in total. The van der Waals surface area contributed by atoms with Crippen molar-refractivity contribution >= 4 is 11.2 Å². The molecule has 1 saturated heterocycles. The van der Waals surface area contributed by atoms with Gasteiger partial charge in [0.15, 0.2) is 5.65 Å². The first-order valence-electron chi connectivity index (χ1n) is 6.85. The summed E-state index contributed by atoms with van der Waals surface area (Å²) in [4.78, 5) is 9.14. The van der Waals surface area contributed by atoms with Crippen LogP contribution in [0, 0.1) is 6.92 Å². The highest BCUT2D eigenvalue weighted by atomic mass is 16.5. The van der Waals surface area contributed by atoms with E-state index in [1.54, 1.807) is 6.20 Å². The molecule has 0 radical (unpaired) electrons. The van der Waals surface area contributed by atoms with Gasteiger partial charge in [-0.1, -0.05) is 0 Å². The largest absolute Gasteiger partial charge is 0.445 e. The van der Waals surface area contributed by atoms with Gasteiger partial charge >= 0.3 is 0 Å². The number of fused-ring (bicyclic) bond motifs is 1. The summed E-state index contributed by atoms with van der Waals surface area (Å²) in [6.07, 6.45) is 3.85. The molecule has 3 aromatic heterocycles. The minimum absolute atomic E-state index is 0.0228. The van der Waals surface area contributed by atoms with Crippen LogP contribution < -0.4 is 0 Å². The molecular formula is C15H15N3O2. The van der Waals surface area contributed by atoms with Crippen molar-refractivity contribution in [3.8, 4) is 5.88 Å². The highest BCUT2D eigenvalue weighted by Gasteiger charge is 2.26. The number of imidazole rings is 1. The van der Waals surface area contributed by atoms with E-state index in [9.17, 15) is 0 Å². The number of furan rings is 1. The second-order valence-corrected chi connectivity index (χ2v) is 5.04. The molecule has 1 aliphatic heterocycles. The summed E-state index contributed by atoms with van der Waals surface area (Å²) in [6, 6.07) is 7.76. The molecule has 5 nitrogen and oxygen atoms in total. The number of hydrogen-bond donors (Lipinski definition) is 0. The quantitative estimate of drug-likeness (QED) is 0.717. The van der Waals surface area contributed by atoms with Crippen LogP contribution in [0.25, 0.3) is 17.0 Å². The molecule has 102 valence electrons. The summed E-state index contributed by atoms with van der Waals surface area (Å²) in [7, 11) is 0. The van der Waals surface area contributed by atoms with Gasteiger partial charge in [-0.25, -0.2) is 14.5 Å². The van der Waals surface area contributed by atoms with Gasteiger partial charge in [0.25, 0.3) is 0 Å². The smallest absolute Gasteiger partial charge is 0.206 e. The van der Waals surface area contributed by atoms with Crippen LogP contribution in [-0.4, -0.2) is 21.1 Å². The second-order valence-electron chi connectivity index (χ2n) is 5.04. The van der Waals surface area contributed by atoms with E-state index in [1.165, 1.54) is 0 Å². The molecule has 0 spiro atoms. The molecule has 4 heterocycles. The molecule has 0 saturated carbocycles. The molecule has 1 unspecified atom stereocenters. The van der Waals surface area contributed by atoms with Crippen molar-refractivity contribution in [3.63, 3.8) is 0 Å². The van der Waals surface area contributed by atoms with Crippen molar-refractivity contribution in [3.05, 3.63) is 42.0 Å². The third-order valence-corrected chi connectivity index (χ3v) is 3.61. The monoisotopic (exact) mass is 269 g/mol. The highest BCUT2D eigenvalue weighted by Crippen LogP contribution is 2.32. The molecule has 20 heavy (non-hydrogen) atoms. The lowest BCUT2D eigenvalue weighted by Gasteiger charge is -2.10. The Hall–Kier alpha value is -2.14. The van der Waals surface area contributed by atoms with Gasteiger partial charge in [0, 0.05) is 18.9 Å². The van der Waals surface area contributed by atoms with Crippen molar-refractivity contribution in [1.82, 2.24) is 14.5 Å². The lowest BCUT2D eigenvalue weighted by atomic mass is 10.2. The number of aromatic nitrogens is 3. The van der Waals surface area contributed by atoms with Gasteiger partial charge in [0.2, 0.25) is 5.88 Å². The molecule has 0 aliphatic carbocycles. The molecule has 5 heteroatoms. The Bertz CT molecular complexity index is 753. The van der Waals surface area contributed by atoms with E-state index in [-0.39, 0.29) is 6.10 Å². The van der Waals surface area contributed by atoms with Gasteiger partial charge in [0.05, 0.1) is 0 Å². The lowest BCUT2D eigenvalue weighted by Crippen LogP contribution is -2.06. The zero-order chi connectivity index (χ0) is 13.5. The van der Waals surface area contributed by atoms with E-state index in [4.69, 9.17) is 14.1 Å². The number of ether oxygens (including phenoxy) is 1. The summed E-state index contributed by atoms with van der Waals surface area (Å²) in [5.41, 5.74) is 1.68. The maximum atomic E-state index is 5.78. The Balaban J connectivity index is 1.97. The molecule has 1 aliphatic rings. The fraction of sp³-hybridized carbons (Fsp3) is 0.333. The van der Waals surface area contributed by atoms with Crippen molar-refractivity contribution < 1.29 is 9.15 Å². The third-order valence-electron chi connectivity index (χ3n) is 3.61. The summed E-state index contributed by atoms with van der Waals surface area (Å²) in [5.74, 6) is 2.50. The third kappa shape index (κ3) is 1.74. The molecule has 4 rings (SSSR count). The van der Waals surface area contributed by atoms with E-state index >= 15 is 0 Å². The van der Waals surface area contributed by atoms with Gasteiger partial charge in [-0.05, 0) is 38.0 Å². The first kappa shape index (κ1) is 11.7. The first-order valence-corrected chi connectivity index (χ1v) is 6.85. The average molecular weight is 269 g/mol. The summed E-state index contributed by atoms with van der Waals surface area (Å²) < 4.78 is 13.5.